The molecular formula is C31H36N4O2. The van der Waals surface area contributed by atoms with E-state index in [1.165, 1.54) is 24.8 Å². The molecule has 1 N–H and O–H groups in total. The second kappa shape index (κ2) is 8.66. The fourth-order valence-corrected chi connectivity index (χ4v) is 6.73. The van der Waals surface area contributed by atoms with Crippen LogP contribution in [0.25, 0.3) is 22.1 Å². The number of hydrogen-bond donors (Lipinski definition) is 1. The highest BCUT2D eigenvalue weighted by atomic mass is 16.3. The van der Waals surface area contributed by atoms with Crippen LogP contribution in [0.3, 0.4) is 0 Å². The third-order valence-corrected chi connectivity index (χ3v) is 8.86. The van der Waals surface area contributed by atoms with Gasteiger partial charge in [-0.05, 0) is 93.2 Å². The number of aryl methyl sites for hydroxylation is 2. The van der Waals surface area contributed by atoms with E-state index in [4.69, 9.17) is 4.42 Å². The summed E-state index contributed by atoms with van der Waals surface area (Å²) in [6.07, 6.45) is 9.09. The summed E-state index contributed by atoms with van der Waals surface area (Å²) in [5.74, 6) is 1.60. The van der Waals surface area contributed by atoms with Crippen LogP contribution in [0.15, 0.2) is 58.2 Å². The number of aromatic nitrogens is 3. The molecule has 1 atom stereocenters. The number of fused-ring (bicyclic) bond motifs is 1. The normalized spacial score (nSPS) is 23.4. The highest BCUT2D eigenvalue weighted by Gasteiger charge is 2.48. The van der Waals surface area contributed by atoms with Crippen LogP contribution in [-0.2, 0) is 12.5 Å². The molecule has 6 rings (SSSR count). The van der Waals surface area contributed by atoms with Gasteiger partial charge in [-0.1, -0.05) is 31.2 Å². The van der Waals surface area contributed by atoms with Gasteiger partial charge in [0.1, 0.15) is 24.0 Å². The van der Waals surface area contributed by atoms with Crippen LogP contribution in [0.2, 0.25) is 0 Å². The largest absolute Gasteiger partial charge is 0.463 e. The van der Waals surface area contributed by atoms with Gasteiger partial charge in [0, 0.05) is 18.6 Å². The highest BCUT2D eigenvalue weighted by molar-refractivity contribution is 5.84. The molecular weight excluding hydrogens is 460 g/mol. The van der Waals surface area contributed by atoms with Crippen molar-refractivity contribution in [1.29, 1.82) is 0 Å². The van der Waals surface area contributed by atoms with Crippen molar-refractivity contribution >= 4 is 11.0 Å². The molecule has 2 fully saturated rings. The van der Waals surface area contributed by atoms with Gasteiger partial charge in [-0.3, -0.25) is 4.79 Å². The van der Waals surface area contributed by atoms with Crippen molar-refractivity contribution in [1.82, 2.24) is 20.1 Å². The quantitative estimate of drug-likeness (QED) is 0.344. The van der Waals surface area contributed by atoms with Gasteiger partial charge in [0.25, 0.3) is 0 Å². The molecule has 0 amide bonds. The topological polar surface area (TPSA) is 73.0 Å². The van der Waals surface area contributed by atoms with E-state index < -0.39 is 0 Å². The minimum atomic E-state index is -0.180. The predicted octanol–water partition coefficient (Wildman–Crippen LogP) is 6.21. The molecule has 4 aromatic rings. The maximum atomic E-state index is 13.9. The van der Waals surface area contributed by atoms with Crippen LogP contribution in [0.1, 0.15) is 81.4 Å². The fraction of sp³-hybridized carbons (Fsp3) is 0.452. The van der Waals surface area contributed by atoms with Crippen LogP contribution >= 0.6 is 0 Å². The summed E-state index contributed by atoms with van der Waals surface area (Å²) in [7, 11) is 2.00. The van der Waals surface area contributed by atoms with E-state index in [0.717, 1.165) is 35.4 Å². The summed E-state index contributed by atoms with van der Waals surface area (Å²) in [4.78, 5) is 13.9. The second-order valence-electron chi connectivity index (χ2n) is 11.9. The Morgan fingerprint density at radius 1 is 1.19 bits per heavy atom. The van der Waals surface area contributed by atoms with Crippen LogP contribution in [0.4, 0.5) is 0 Å². The van der Waals surface area contributed by atoms with Gasteiger partial charge < -0.3 is 14.3 Å². The van der Waals surface area contributed by atoms with E-state index in [9.17, 15) is 4.79 Å². The van der Waals surface area contributed by atoms with Crippen molar-refractivity contribution in [3.05, 3.63) is 81.7 Å². The zero-order chi connectivity index (χ0) is 25.9. The van der Waals surface area contributed by atoms with Crippen molar-refractivity contribution in [2.45, 2.75) is 76.8 Å². The average molecular weight is 497 g/mol. The van der Waals surface area contributed by atoms with E-state index in [1.54, 1.807) is 12.6 Å². The van der Waals surface area contributed by atoms with E-state index in [1.807, 2.05) is 36.7 Å². The van der Waals surface area contributed by atoms with Gasteiger partial charge in [0.15, 0.2) is 0 Å². The lowest BCUT2D eigenvalue weighted by atomic mass is 9.58. The maximum Gasteiger partial charge on any atom is 0.200 e. The fourth-order valence-electron chi connectivity index (χ4n) is 6.73. The smallest absolute Gasteiger partial charge is 0.200 e. The van der Waals surface area contributed by atoms with Crippen LogP contribution in [-0.4, -0.2) is 20.3 Å². The third-order valence-electron chi connectivity index (χ3n) is 8.86. The zero-order valence-corrected chi connectivity index (χ0v) is 22.5. The number of rotatable bonds is 6. The minimum Gasteiger partial charge on any atom is -0.463 e. The van der Waals surface area contributed by atoms with Gasteiger partial charge in [-0.15, -0.1) is 10.2 Å². The number of benzene rings is 2. The maximum absolute atomic E-state index is 13.9. The first-order chi connectivity index (χ1) is 17.7. The van der Waals surface area contributed by atoms with Gasteiger partial charge in [0.05, 0.1) is 16.4 Å². The predicted molar refractivity (Wildman–Crippen MR) is 147 cm³/mol. The molecule has 2 heterocycles. The van der Waals surface area contributed by atoms with Crippen LogP contribution < -0.4 is 10.7 Å². The Labute approximate surface area is 218 Å². The number of hydrogen-bond acceptors (Lipinski definition) is 5. The van der Waals surface area contributed by atoms with E-state index >= 15 is 0 Å². The van der Waals surface area contributed by atoms with Crippen molar-refractivity contribution in [2.75, 3.05) is 0 Å². The molecule has 0 bridgehead atoms. The number of nitrogens with zero attached hydrogens (tertiary/aromatic N) is 3. The third kappa shape index (κ3) is 3.93. The second-order valence-corrected chi connectivity index (χ2v) is 11.9. The lowest BCUT2D eigenvalue weighted by Crippen LogP contribution is -2.49. The monoisotopic (exact) mass is 496 g/mol. The number of nitrogens with one attached hydrogen (secondary N) is 1. The molecule has 0 saturated heterocycles. The summed E-state index contributed by atoms with van der Waals surface area (Å²) in [5, 5.41) is 13.1. The molecule has 0 unspecified atom stereocenters. The molecule has 2 aromatic heterocycles. The summed E-state index contributed by atoms with van der Waals surface area (Å²) < 4.78 is 8.12. The molecule has 0 aliphatic heterocycles. The molecule has 2 aromatic carbocycles. The summed E-state index contributed by atoms with van der Waals surface area (Å²) in [5.41, 5.74) is 5.45. The van der Waals surface area contributed by atoms with E-state index in [0.29, 0.717) is 22.5 Å². The first kappa shape index (κ1) is 24.1. The molecule has 6 nitrogen and oxygen atoms in total. The lowest BCUT2D eigenvalue weighted by Gasteiger charge is -2.46. The van der Waals surface area contributed by atoms with E-state index in [2.05, 4.69) is 54.5 Å². The molecule has 192 valence electrons. The molecule has 6 heteroatoms. The van der Waals surface area contributed by atoms with Crippen LogP contribution in [0.5, 0.6) is 0 Å². The lowest BCUT2D eigenvalue weighted by molar-refractivity contribution is 0.185. The molecule has 2 aliphatic carbocycles. The van der Waals surface area contributed by atoms with Gasteiger partial charge in [-0.25, -0.2) is 0 Å². The highest BCUT2D eigenvalue weighted by Crippen LogP contribution is 2.51. The summed E-state index contributed by atoms with van der Waals surface area (Å²) in [6.45, 7) is 8.77. The Kier molecular flexibility index (Phi) is 5.64. The molecule has 2 saturated carbocycles. The van der Waals surface area contributed by atoms with Crippen molar-refractivity contribution in [3.8, 4) is 11.1 Å². The molecule has 0 radical (unpaired) electrons. The molecule has 37 heavy (non-hydrogen) atoms. The zero-order valence-electron chi connectivity index (χ0n) is 22.5. The van der Waals surface area contributed by atoms with Crippen LogP contribution in [0, 0.1) is 12.8 Å². The summed E-state index contributed by atoms with van der Waals surface area (Å²) >= 11 is 0. The van der Waals surface area contributed by atoms with Gasteiger partial charge >= 0.3 is 0 Å². The Balaban J connectivity index is 1.41. The van der Waals surface area contributed by atoms with Gasteiger partial charge in [-0.2, -0.15) is 0 Å². The molecule has 0 spiro atoms. The first-order valence-electron chi connectivity index (χ1n) is 13.5. The van der Waals surface area contributed by atoms with E-state index in [-0.39, 0.29) is 22.4 Å². The summed E-state index contributed by atoms with van der Waals surface area (Å²) in [6, 6.07) is 12.7. The Hall–Kier alpha value is -3.25. The standard InChI is InChI=1S/C31H36N4O2/c1-19-15-31(16-19,29-34-32-18-35(29)5)24-9-6-8-22(13-24)26-17-37-28-20(2)12-23(14-25(28)27(26)36)21(3)33-30(4)10-7-11-30/h6,8-9,12-14,17-19,21,33H,7,10-11,15-16H2,1-5H3/t19?,21-,31?/m0/s1. The van der Waals surface area contributed by atoms with Gasteiger partial charge in [0.2, 0.25) is 5.43 Å². The molecule has 2 aliphatic rings. The van der Waals surface area contributed by atoms with Crippen molar-refractivity contribution < 1.29 is 4.42 Å². The minimum absolute atomic E-state index is 0.0140. The Morgan fingerprint density at radius 2 is 1.97 bits per heavy atom. The first-order valence-corrected chi connectivity index (χ1v) is 13.5. The Bertz CT molecular complexity index is 1540. The Morgan fingerprint density at radius 3 is 2.62 bits per heavy atom. The SMILES string of the molecule is Cc1cc([C@H](C)NC2(C)CCC2)cc2c(=O)c(-c3cccc(C4(c5nncn5C)CC(C)C4)c3)coc12. The van der Waals surface area contributed by atoms with Crippen molar-refractivity contribution in [2.24, 2.45) is 13.0 Å². The average Bonchev–Trinajstić information content (AvgIpc) is 3.27. The van der Waals surface area contributed by atoms with Crippen molar-refractivity contribution in [3.63, 3.8) is 0 Å².